The van der Waals surface area contributed by atoms with Crippen LogP contribution in [0, 0.1) is 18.8 Å². The van der Waals surface area contributed by atoms with Gasteiger partial charge in [0.2, 0.25) is 0 Å². The highest BCUT2D eigenvalue weighted by Crippen LogP contribution is 2.32. The normalized spacial score (nSPS) is 24.7. The molecule has 2 rings (SSSR count). The highest BCUT2D eigenvalue weighted by Gasteiger charge is 2.25. The fourth-order valence-electron chi connectivity index (χ4n) is 2.98. The van der Waals surface area contributed by atoms with Crippen LogP contribution in [-0.4, -0.2) is 17.6 Å². The van der Waals surface area contributed by atoms with Crippen molar-refractivity contribution in [1.29, 1.82) is 0 Å². The van der Waals surface area contributed by atoms with E-state index in [1.54, 1.807) is 11.3 Å². The number of hydrogen-bond acceptors (Lipinski definition) is 3. The summed E-state index contributed by atoms with van der Waals surface area (Å²) in [6.07, 6.45) is 6.80. The Bertz CT molecular complexity index is 359. The zero-order chi connectivity index (χ0) is 13.0. The predicted molar refractivity (Wildman–Crippen MR) is 79.1 cm³/mol. The molecule has 1 saturated carbocycles. The Labute approximate surface area is 115 Å². The van der Waals surface area contributed by atoms with Gasteiger partial charge in [0.25, 0.3) is 0 Å². The van der Waals surface area contributed by atoms with E-state index >= 15 is 0 Å². The third-order valence-corrected chi connectivity index (χ3v) is 4.82. The summed E-state index contributed by atoms with van der Waals surface area (Å²) in [4.78, 5) is 4.63. The van der Waals surface area contributed by atoms with Gasteiger partial charge >= 0.3 is 0 Å². The van der Waals surface area contributed by atoms with Gasteiger partial charge in [-0.05, 0) is 44.6 Å². The van der Waals surface area contributed by atoms with Crippen LogP contribution in [0.5, 0.6) is 0 Å². The summed E-state index contributed by atoms with van der Waals surface area (Å²) in [5.41, 5.74) is 1.32. The van der Waals surface area contributed by atoms with E-state index in [0.717, 1.165) is 11.8 Å². The Morgan fingerprint density at radius 1 is 1.33 bits per heavy atom. The Morgan fingerprint density at radius 3 is 2.67 bits per heavy atom. The molecule has 1 aliphatic rings. The van der Waals surface area contributed by atoms with E-state index in [0.29, 0.717) is 6.04 Å². The van der Waals surface area contributed by atoms with Crippen molar-refractivity contribution >= 4 is 11.3 Å². The Morgan fingerprint density at radius 2 is 2.06 bits per heavy atom. The van der Waals surface area contributed by atoms with E-state index in [1.165, 1.54) is 49.4 Å². The van der Waals surface area contributed by atoms with E-state index in [4.69, 9.17) is 0 Å². The topological polar surface area (TPSA) is 24.9 Å². The summed E-state index contributed by atoms with van der Waals surface area (Å²) in [7, 11) is 0. The van der Waals surface area contributed by atoms with Gasteiger partial charge in [-0.25, -0.2) is 4.98 Å². The van der Waals surface area contributed by atoms with Gasteiger partial charge in [-0.2, -0.15) is 0 Å². The van der Waals surface area contributed by atoms with Crippen molar-refractivity contribution in [3.63, 3.8) is 0 Å². The van der Waals surface area contributed by atoms with Crippen LogP contribution < -0.4 is 5.32 Å². The molecule has 1 aliphatic carbocycles. The van der Waals surface area contributed by atoms with Gasteiger partial charge < -0.3 is 5.32 Å². The van der Waals surface area contributed by atoms with Gasteiger partial charge in [0.15, 0.2) is 0 Å². The van der Waals surface area contributed by atoms with Gasteiger partial charge in [0.1, 0.15) is 0 Å². The van der Waals surface area contributed by atoms with Crippen LogP contribution in [0.15, 0.2) is 5.38 Å². The lowest BCUT2D eigenvalue weighted by molar-refractivity contribution is 0.223. The van der Waals surface area contributed by atoms with E-state index in [-0.39, 0.29) is 0 Å². The molecule has 0 radical (unpaired) electrons. The molecule has 3 heteroatoms. The molecule has 2 unspecified atom stereocenters. The van der Waals surface area contributed by atoms with Crippen molar-refractivity contribution < 1.29 is 0 Å². The van der Waals surface area contributed by atoms with Gasteiger partial charge in [0, 0.05) is 11.4 Å². The van der Waals surface area contributed by atoms with Crippen LogP contribution in [0.1, 0.15) is 50.2 Å². The number of aromatic nitrogens is 1. The fraction of sp³-hybridized carbons (Fsp3) is 0.800. The fourth-order valence-corrected chi connectivity index (χ4v) is 3.61. The molecule has 102 valence electrons. The first kappa shape index (κ1) is 14.0. The van der Waals surface area contributed by atoms with E-state index in [9.17, 15) is 0 Å². The molecule has 2 nitrogen and oxygen atoms in total. The average molecular weight is 266 g/mol. The smallest absolute Gasteiger partial charge is 0.0897 e. The summed E-state index contributed by atoms with van der Waals surface area (Å²) in [5, 5.41) is 7.07. The Hall–Kier alpha value is -0.410. The minimum absolute atomic E-state index is 0.606. The van der Waals surface area contributed by atoms with Crippen molar-refractivity contribution in [2.45, 2.75) is 58.9 Å². The molecule has 0 aromatic carbocycles. The number of rotatable bonds is 5. The lowest BCUT2D eigenvalue weighted by Gasteiger charge is -2.32. The maximum Gasteiger partial charge on any atom is 0.0897 e. The van der Waals surface area contributed by atoms with Crippen LogP contribution in [0.3, 0.4) is 0 Å². The summed E-state index contributed by atoms with van der Waals surface area (Å²) in [5.74, 6) is 1.69. The number of aryl methyl sites for hydroxylation is 1. The molecule has 0 amide bonds. The van der Waals surface area contributed by atoms with E-state index < -0.39 is 0 Å². The summed E-state index contributed by atoms with van der Waals surface area (Å²) >= 11 is 1.79. The first-order valence-electron chi connectivity index (χ1n) is 7.29. The van der Waals surface area contributed by atoms with Gasteiger partial charge in [-0.15, -0.1) is 11.3 Å². The molecule has 1 fully saturated rings. The van der Waals surface area contributed by atoms with Gasteiger partial charge in [-0.1, -0.05) is 26.7 Å². The zero-order valence-electron chi connectivity index (χ0n) is 11.9. The molecular weight excluding hydrogens is 240 g/mol. The van der Waals surface area contributed by atoms with Crippen LogP contribution >= 0.6 is 11.3 Å². The standard InChI is InChI=1S/C15H26N2S/c1-11(2)16-9-14-7-5-4-6-13(14)8-15-10-18-12(3)17-15/h10-11,13-14,16H,4-9H2,1-3H3. The second kappa shape index (κ2) is 6.67. The Balaban J connectivity index is 1.90. The minimum atomic E-state index is 0.606. The van der Waals surface area contributed by atoms with Crippen molar-refractivity contribution in [3.8, 4) is 0 Å². The Kier molecular flexibility index (Phi) is 5.19. The molecule has 0 spiro atoms. The molecule has 0 bridgehead atoms. The highest BCUT2D eigenvalue weighted by atomic mass is 32.1. The lowest BCUT2D eigenvalue weighted by Crippen LogP contribution is -2.35. The van der Waals surface area contributed by atoms with Crippen LogP contribution in [-0.2, 0) is 6.42 Å². The first-order valence-corrected chi connectivity index (χ1v) is 8.17. The lowest BCUT2D eigenvalue weighted by atomic mass is 9.77. The summed E-state index contributed by atoms with van der Waals surface area (Å²) in [6, 6.07) is 0.606. The predicted octanol–water partition coefficient (Wildman–Crippen LogP) is 3.80. The third kappa shape index (κ3) is 4.06. The molecular formula is C15H26N2S. The number of nitrogens with one attached hydrogen (secondary N) is 1. The zero-order valence-corrected chi connectivity index (χ0v) is 12.7. The maximum atomic E-state index is 4.63. The van der Waals surface area contributed by atoms with Crippen LogP contribution in [0.2, 0.25) is 0 Å². The largest absolute Gasteiger partial charge is 0.314 e. The molecule has 1 aromatic rings. The van der Waals surface area contributed by atoms with Gasteiger partial charge in [0.05, 0.1) is 10.7 Å². The van der Waals surface area contributed by atoms with E-state index in [2.05, 4.69) is 36.5 Å². The number of hydrogen-bond donors (Lipinski definition) is 1. The van der Waals surface area contributed by atoms with Crippen molar-refractivity contribution in [1.82, 2.24) is 10.3 Å². The highest BCUT2D eigenvalue weighted by molar-refractivity contribution is 7.09. The van der Waals surface area contributed by atoms with Gasteiger partial charge in [-0.3, -0.25) is 0 Å². The molecule has 1 heterocycles. The average Bonchev–Trinajstić information content (AvgIpc) is 2.73. The second-order valence-electron chi connectivity index (χ2n) is 5.93. The molecule has 1 N–H and O–H groups in total. The SMILES string of the molecule is Cc1nc(CC2CCCCC2CNC(C)C)cs1. The molecule has 0 aliphatic heterocycles. The second-order valence-corrected chi connectivity index (χ2v) is 6.99. The monoisotopic (exact) mass is 266 g/mol. The molecule has 0 saturated heterocycles. The van der Waals surface area contributed by atoms with Crippen LogP contribution in [0.25, 0.3) is 0 Å². The maximum absolute atomic E-state index is 4.63. The quantitative estimate of drug-likeness (QED) is 0.877. The van der Waals surface area contributed by atoms with Crippen molar-refractivity contribution in [3.05, 3.63) is 16.1 Å². The molecule has 18 heavy (non-hydrogen) atoms. The summed E-state index contributed by atoms with van der Waals surface area (Å²) in [6.45, 7) is 7.77. The minimum Gasteiger partial charge on any atom is -0.314 e. The third-order valence-electron chi connectivity index (χ3n) is 3.99. The van der Waals surface area contributed by atoms with E-state index in [1.807, 2.05) is 0 Å². The summed E-state index contributed by atoms with van der Waals surface area (Å²) < 4.78 is 0. The number of thiazole rings is 1. The molecule has 1 aromatic heterocycles. The first-order chi connectivity index (χ1) is 8.65. The number of nitrogens with zero attached hydrogens (tertiary/aromatic N) is 1. The van der Waals surface area contributed by atoms with Crippen molar-refractivity contribution in [2.75, 3.05) is 6.54 Å². The molecule has 2 atom stereocenters. The van der Waals surface area contributed by atoms with Crippen LogP contribution in [0.4, 0.5) is 0 Å². The van der Waals surface area contributed by atoms with Crippen molar-refractivity contribution in [2.24, 2.45) is 11.8 Å².